The van der Waals surface area contributed by atoms with Gasteiger partial charge in [0.25, 0.3) is 0 Å². The lowest BCUT2D eigenvalue weighted by Crippen LogP contribution is -2.18. The zero-order valence-electron chi connectivity index (χ0n) is 11.6. The molecule has 1 aliphatic carbocycles. The standard InChI is InChI=1S/C17H17F2NO/c18-14-8-7-11(9-15(14)19)10-21-17-6-2-3-12-13(17)4-1-5-16(12)20/h2-3,6-9,16H,1,4-5,10,20H2. The minimum absolute atomic E-state index is 0.0561. The van der Waals surface area contributed by atoms with E-state index in [-0.39, 0.29) is 12.6 Å². The third kappa shape index (κ3) is 2.90. The zero-order valence-corrected chi connectivity index (χ0v) is 11.6. The molecule has 1 aliphatic rings. The Morgan fingerprint density at radius 3 is 2.81 bits per heavy atom. The van der Waals surface area contributed by atoms with Crippen molar-refractivity contribution < 1.29 is 13.5 Å². The highest BCUT2D eigenvalue weighted by Gasteiger charge is 2.19. The topological polar surface area (TPSA) is 35.2 Å². The van der Waals surface area contributed by atoms with Gasteiger partial charge in [-0.25, -0.2) is 8.78 Å². The van der Waals surface area contributed by atoms with Crippen molar-refractivity contribution >= 4 is 0 Å². The molecule has 0 aromatic heterocycles. The van der Waals surface area contributed by atoms with Crippen LogP contribution in [0.1, 0.15) is 35.6 Å². The first-order valence-corrected chi connectivity index (χ1v) is 7.09. The zero-order chi connectivity index (χ0) is 14.8. The van der Waals surface area contributed by atoms with Crippen LogP contribution in [0.2, 0.25) is 0 Å². The van der Waals surface area contributed by atoms with E-state index in [1.165, 1.54) is 6.07 Å². The fraction of sp³-hybridized carbons (Fsp3) is 0.294. The van der Waals surface area contributed by atoms with E-state index in [0.29, 0.717) is 5.56 Å². The Labute approximate surface area is 122 Å². The summed E-state index contributed by atoms with van der Waals surface area (Å²) in [4.78, 5) is 0. The number of rotatable bonds is 3. The predicted molar refractivity (Wildman–Crippen MR) is 77.0 cm³/mol. The maximum absolute atomic E-state index is 13.2. The van der Waals surface area contributed by atoms with Gasteiger partial charge in [0.15, 0.2) is 11.6 Å². The molecule has 0 amide bonds. The highest BCUT2D eigenvalue weighted by Crippen LogP contribution is 2.34. The summed E-state index contributed by atoms with van der Waals surface area (Å²) in [7, 11) is 0. The van der Waals surface area contributed by atoms with Crippen molar-refractivity contribution in [3.63, 3.8) is 0 Å². The molecular formula is C17H17F2NO. The van der Waals surface area contributed by atoms with Crippen molar-refractivity contribution in [2.45, 2.75) is 31.9 Å². The summed E-state index contributed by atoms with van der Waals surface area (Å²) in [6, 6.07) is 9.71. The quantitative estimate of drug-likeness (QED) is 0.930. The lowest BCUT2D eigenvalue weighted by atomic mass is 9.87. The van der Waals surface area contributed by atoms with Crippen molar-refractivity contribution in [3.8, 4) is 5.75 Å². The largest absolute Gasteiger partial charge is 0.489 e. The third-order valence-corrected chi connectivity index (χ3v) is 3.89. The molecule has 21 heavy (non-hydrogen) atoms. The van der Waals surface area contributed by atoms with Crippen molar-refractivity contribution in [2.75, 3.05) is 0 Å². The van der Waals surface area contributed by atoms with E-state index >= 15 is 0 Å². The first-order chi connectivity index (χ1) is 10.1. The van der Waals surface area contributed by atoms with Crippen LogP contribution in [0.15, 0.2) is 36.4 Å². The summed E-state index contributed by atoms with van der Waals surface area (Å²) < 4.78 is 31.9. The van der Waals surface area contributed by atoms with Crippen LogP contribution < -0.4 is 10.5 Å². The van der Waals surface area contributed by atoms with Gasteiger partial charge in [0, 0.05) is 6.04 Å². The van der Waals surface area contributed by atoms with Crippen molar-refractivity contribution in [1.82, 2.24) is 0 Å². The maximum Gasteiger partial charge on any atom is 0.159 e. The van der Waals surface area contributed by atoms with Crippen LogP contribution in [-0.2, 0) is 13.0 Å². The highest BCUT2D eigenvalue weighted by atomic mass is 19.2. The molecule has 0 heterocycles. The summed E-state index contributed by atoms with van der Waals surface area (Å²) in [6.07, 6.45) is 2.97. The van der Waals surface area contributed by atoms with E-state index in [1.807, 2.05) is 18.2 Å². The van der Waals surface area contributed by atoms with Gasteiger partial charge in [-0.1, -0.05) is 18.2 Å². The molecule has 0 saturated carbocycles. The average Bonchev–Trinajstić information content (AvgIpc) is 2.49. The molecule has 2 nitrogen and oxygen atoms in total. The van der Waals surface area contributed by atoms with Crippen LogP contribution >= 0.6 is 0 Å². The molecule has 2 aromatic carbocycles. The molecule has 110 valence electrons. The summed E-state index contributed by atoms with van der Waals surface area (Å²) >= 11 is 0. The summed E-state index contributed by atoms with van der Waals surface area (Å²) in [6.45, 7) is 0.211. The van der Waals surface area contributed by atoms with Crippen LogP contribution in [0.25, 0.3) is 0 Å². The second kappa shape index (κ2) is 5.82. The fourth-order valence-corrected chi connectivity index (χ4v) is 2.78. The Morgan fingerprint density at radius 2 is 2.00 bits per heavy atom. The number of ether oxygens (including phenoxy) is 1. The monoisotopic (exact) mass is 289 g/mol. The molecule has 3 rings (SSSR count). The van der Waals surface area contributed by atoms with E-state index < -0.39 is 11.6 Å². The van der Waals surface area contributed by atoms with Gasteiger partial charge in [0.2, 0.25) is 0 Å². The molecule has 0 saturated heterocycles. The van der Waals surface area contributed by atoms with E-state index in [2.05, 4.69) is 0 Å². The first kappa shape index (κ1) is 14.0. The lowest BCUT2D eigenvalue weighted by Gasteiger charge is -2.24. The van der Waals surface area contributed by atoms with Gasteiger partial charge in [-0.15, -0.1) is 0 Å². The van der Waals surface area contributed by atoms with Gasteiger partial charge >= 0.3 is 0 Å². The van der Waals surface area contributed by atoms with Gasteiger partial charge in [0.1, 0.15) is 12.4 Å². The van der Waals surface area contributed by atoms with Gasteiger partial charge < -0.3 is 10.5 Å². The normalized spacial score (nSPS) is 17.4. The van der Waals surface area contributed by atoms with E-state index in [0.717, 1.165) is 48.3 Å². The molecule has 2 aromatic rings. The van der Waals surface area contributed by atoms with E-state index in [4.69, 9.17) is 10.5 Å². The van der Waals surface area contributed by atoms with Gasteiger partial charge in [-0.2, -0.15) is 0 Å². The summed E-state index contributed by atoms with van der Waals surface area (Å²) in [5.41, 5.74) is 8.98. The maximum atomic E-state index is 13.2. The summed E-state index contributed by atoms with van der Waals surface area (Å²) in [5.74, 6) is -0.914. The van der Waals surface area contributed by atoms with Crippen LogP contribution in [0.4, 0.5) is 8.78 Å². The number of nitrogens with two attached hydrogens (primary N) is 1. The smallest absolute Gasteiger partial charge is 0.159 e. The Kier molecular flexibility index (Phi) is 3.88. The Balaban J connectivity index is 1.79. The SMILES string of the molecule is NC1CCCc2c(OCc3ccc(F)c(F)c3)cccc21. The Hall–Kier alpha value is -1.94. The molecule has 0 bridgehead atoms. The molecule has 0 fully saturated rings. The van der Waals surface area contributed by atoms with Crippen molar-refractivity contribution in [3.05, 3.63) is 64.7 Å². The summed E-state index contributed by atoms with van der Waals surface area (Å²) in [5, 5.41) is 0. The number of benzene rings is 2. The molecule has 0 aliphatic heterocycles. The molecular weight excluding hydrogens is 272 g/mol. The number of halogens is 2. The van der Waals surface area contributed by atoms with Crippen LogP contribution in [0.3, 0.4) is 0 Å². The van der Waals surface area contributed by atoms with Crippen LogP contribution in [0.5, 0.6) is 5.75 Å². The Bertz CT molecular complexity index is 657. The predicted octanol–water partition coefficient (Wildman–Crippen LogP) is 3.88. The molecule has 1 unspecified atom stereocenters. The van der Waals surface area contributed by atoms with Gasteiger partial charge in [0.05, 0.1) is 0 Å². The molecule has 1 atom stereocenters. The molecule has 4 heteroatoms. The van der Waals surface area contributed by atoms with Crippen LogP contribution in [0, 0.1) is 11.6 Å². The number of fused-ring (bicyclic) bond motifs is 1. The third-order valence-electron chi connectivity index (χ3n) is 3.89. The average molecular weight is 289 g/mol. The first-order valence-electron chi connectivity index (χ1n) is 7.09. The minimum atomic E-state index is -0.854. The van der Waals surface area contributed by atoms with Crippen molar-refractivity contribution in [2.24, 2.45) is 5.73 Å². The second-order valence-corrected chi connectivity index (χ2v) is 5.36. The van der Waals surface area contributed by atoms with Gasteiger partial charge in [-0.05, 0) is 54.2 Å². The Morgan fingerprint density at radius 1 is 1.14 bits per heavy atom. The molecule has 0 radical (unpaired) electrons. The lowest BCUT2D eigenvalue weighted by molar-refractivity contribution is 0.299. The minimum Gasteiger partial charge on any atom is -0.489 e. The fourth-order valence-electron chi connectivity index (χ4n) is 2.78. The molecule has 0 spiro atoms. The molecule has 2 N–H and O–H groups in total. The highest BCUT2D eigenvalue weighted by molar-refractivity contribution is 5.43. The second-order valence-electron chi connectivity index (χ2n) is 5.36. The van der Waals surface area contributed by atoms with Crippen LogP contribution in [-0.4, -0.2) is 0 Å². The van der Waals surface area contributed by atoms with Crippen molar-refractivity contribution in [1.29, 1.82) is 0 Å². The van der Waals surface area contributed by atoms with Gasteiger partial charge in [-0.3, -0.25) is 0 Å². The van der Waals surface area contributed by atoms with E-state index in [1.54, 1.807) is 0 Å². The van der Waals surface area contributed by atoms with E-state index in [9.17, 15) is 8.78 Å². The number of hydrogen-bond donors (Lipinski definition) is 1. The number of hydrogen-bond acceptors (Lipinski definition) is 2.